The van der Waals surface area contributed by atoms with Crippen LogP contribution in [0, 0.1) is 0 Å². The van der Waals surface area contributed by atoms with Crippen molar-refractivity contribution in [2.45, 2.75) is 23.4 Å². The maximum atomic E-state index is 12.4. The minimum absolute atomic E-state index is 0.0100. The molecule has 1 fully saturated rings. The van der Waals surface area contributed by atoms with E-state index in [0.29, 0.717) is 0 Å². The van der Waals surface area contributed by atoms with E-state index >= 15 is 0 Å². The number of thioether (sulfide) groups is 1. The summed E-state index contributed by atoms with van der Waals surface area (Å²) in [5, 5.41) is 2.98. The number of hydrazine groups is 1. The fourth-order valence-electron chi connectivity index (χ4n) is 2.56. The third-order valence-corrected chi connectivity index (χ3v) is 4.48. The molecule has 0 bridgehead atoms. The maximum Gasteiger partial charge on any atom is 0.242 e. The average Bonchev–Trinajstić information content (AvgIpc) is 3.06. The first-order valence-electron chi connectivity index (χ1n) is 7.27. The molecule has 0 aromatic heterocycles. The maximum absolute atomic E-state index is 12.4. The highest BCUT2D eigenvalue weighted by atomic mass is 32.2. The van der Waals surface area contributed by atoms with Gasteiger partial charge >= 0.3 is 0 Å². The molecule has 22 heavy (non-hydrogen) atoms. The van der Waals surface area contributed by atoms with Crippen molar-refractivity contribution in [3.8, 4) is 0 Å². The highest BCUT2D eigenvalue weighted by molar-refractivity contribution is 7.98. The molecule has 0 saturated carbocycles. The van der Waals surface area contributed by atoms with Crippen LogP contribution in [0.4, 0.5) is 5.69 Å². The normalized spacial score (nSPS) is 20.8. The van der Waals surface area contributed by atoms with Crippen LogP contribution in [0.25, 0.3) is 0 Å². The van der Waals surface area contributed by atoms with Gasteiger partial charge in [-0.25, -0.2) is 10.9 Å². The second-order valence-corrected chi connectivity index (χ2v) is 6.14. The first-order chi connectivity index (χ1) is 10.8. The van der Waals surface area contributed by atoms with Gasteiger partial charge in [0.05, 0.1) is 0 Å². The Morgan fingerprint density at radius 2 is 1.95 bits per heavy atom. The second-order valence-electron chi connectivity index (χ2n) is 5.26. The molecular weight excluding hydrogens is 294 g/mol. The second kappa shape index (κ2) is 6.96. The molecule has 3 rings (SSSR count). The van der Waals surface area contributed by atoms with E-state index in [-0.39, 0.29) is 18.0 Å². The van der Waals surface area contributed by atoms with Crippen molar-refractivity contribution in [2.75, 3.05) is 11.6 Å². The van der Waals surface area contributed by atoms with Crippen molar-refractivity contribution < 1.29 is 4.79 Å². The van der Waals surface area contributed by atoms with Crippen molar-refractivity contribution in [1.29, 1.82) is 0 Å². The molecule has 2 unspecified atom stereocenters. The van der Waals surface area contributed by atoms with E-state index in [1.807, 2.05) is 48.7 Å². The highest BCUT2D eigenvalue weighted by Crippen LogP contribution is 2.23. The molecule has 1 amide bonds. The number of carbonyl (C=O) groups is 1. The number of hydrogen-bond donors (Lipinski definition) is 3. The van der Waals surface area contributed by atoms with Crippen LogP contribution in [-0.4, -0.2) is 18.2 Å². The Morgan fingerprint density at radius 1 is 1.14 bits per heavy atom. The summed E-state index contributed by atoms with van der Waals surface area (Å²) in [5.74, 6) is -0.0100. The smallest absolute Gasteiger partial charge is 0.242 e. The third kappa shape index (κ3) is 3.50. The molecular formula is C17H19N3OS. The van der Waals surface area contributed by atoms with Gasteiger partial charge in [-0.2, -0.15) is 0 Å². The predicted molar refractivity (Wildman–Crippen MR) is 90.7 cm³/mol. The molecule has 0 radical (unpaired) electrons. The number of rotatable bonds is 4. The van der Waals surface area contributed by atoms with Gasteiger partial charge in [-0.15, -0.1) is 11.8 Å². The highest BCUT2D eigenvalue weighted by Gasteiger charge is 2.29. The van der Waals surface area contributed by atoms with Crippen LogP contribution in [0.1, 0.15) is 18.0 Å². The van der Waals surface area contributed by atoms with Gasteiger partial charge in [0.25, 0.3) is 0 Å². The SMILES string of the molecule is CSc1cccc(NC(=O)C2CC(c3ccccc3)NN2)c1. The van der Waals surface area contributed by atoms with Gasteiger partial charge in [0.1, 0.15) is 6.04 Å². The molecule has 0 aliphatic carbocycles. The van der Waals surface area contributed by atoms with Crippen molar-refractivity contribution in [3.63, 3.8) is 0 Å². The van der Waals surface area contributed by atoms with E-state index in [0.717, 1.165) is 17.0 Å². The van der Waals surface area contributed by atoms with Crippen LogP contribution in [0.2, 0.25) is 0 Å². The lowest BCUT2D eigenvalue weighted by molar-refractivity contribution is -0.117. The summed E-state index contributed by atoms with van der Waals surface area (Å²) in [7, 11) is 0. The molecule has 2 atom stereocenters. The molecule has 2 aromatic rings. The average molecular weight is 313 g/mol. The van der Waals surface area contributed by atoms with Crippen molar-refractivity contribution >= 4 is 23.4 Å². The van der Waals surface area contributed by atoms with Crippen LogP contribution < -0.4 is 16.2 Å². The third-order valence-electron chi connectivity index (χ3n) is 3.76. The Morgan fingerprint density at radius 3 is 2.73 bits per heavy atom. The van der Waals surface area contributed by atoms with E-state index in [4.69, 9.17) is 0 Å². The summed E-state index contributed by atoms with van der Waals surface area (Å²) in [6.07, 6.45) is 2.76. The summed E-state index contributed by atoms with van der Waals surface area (Å²) < 4.78 is 0. The fraction of sp³-hybridized carbons (Fsp3) is 0.235. The molecule has 3 N–H and O–H groups in total. The molecule has 1 heterocycles. The van der Waals surface area contributed by atoms with Gasteiger partial charge in [-0.1, -0.05) is 36.4 Å². The van der Waals surface area contributed by atoms with Crippen LogP contribution in [-0.2, 0) is 4.79 Å². The van der Waals surface area contributed by atoms with Gasteiger partial charge in [-0.3, -0.25) is 4.79 Å². The van der Waals surface area contributed by atoms with Crippen LogP contribution in [0.3, 0.4) is 0 Å². The standard InChI is InChI=1S/C17H19N3OS/c1-22-14-9-5-8-13(10-14)18-17(21)16-11-15(19-20-16)12-6-3-2-4-7-12/h2-10,15-16,19-20H,11H2,1H3,(H,18,21). The van der Waals surface area contributed by atoms with E-state index in [1.54, 1.807) is 11.8 Å². The van der Waals surface area contributed by atoms with Gasteiger partial charge in [0.2, 0.25) is 5.91 Å². The summed E-state index contributed by atoms with van der Waals surface area (Å²) in [6.45, 7) is 0. The Bertz CT molecular complexity index is 647. The van der Waals surface area contributed by atoms with E-state index < -0.39 is 0 Å². The lowest BCUT2D eigenvalue weighted by Crippen LogP contribution is -2.39. The van der Waals surface area contributed by atoms with E-state index in [2.05, 4.69) is 28.3 Å². The molecule has 4 nitrogen and oxygen atoms in total. The quantitative estimate of drug-likeness (QED) is 0.760. The van der Waals surface area contributed by atoms with E-state index in [1.165, 1.54) is 5.56 Å². The van der Waals surface area contributed by atoms with Crippen molar-refractivity contribution in [3.05, 3.63) is 60.2 Å². The first kappa shape index (κ1) is 15.1. The Kier molecular flexibility index (Phi) is 4.77. The number of hydrogen-bond acceptors (Lipinski definition) is 4. The molecule has 2 aromatic carbocycles. The molecule has 5 heteroatoms. The number of amides is 1. The van der Waals surface area contributed by atoms with Crippen LogP contribution >= 0.6 is 11.8 Å². The molecule has 114 valence electrons. The zero-order valence-corrected chi connectivity index (χ0v) is 13.2. The van der Waals surface area contributed by atoms with Crippen LogP contribution in [0.5, 0.6) is 0 Å². The van der Waals surface area contributed by atoms with Gasteiger partial charge < -0.3 is 5.32 Å². The van der Waals surface area contributed by atoms with Gasteiger partial charge in [-0.05, 0) is 36.4 Å². The van der Waals surface area contributed by atoms with Crippen molar-refractivity contribution in [2.24, 2.45) is 0 Å². The largest absolute Gasteiger partial charge is 0.325 e. The zero-order valence-electron chi connectivity index (χ0n) is 12.4. The molecule has 1 aliphatic heterocycles. The van der Waals surface area contributed by atoms with Crippen LogP contribution in [0.15, 0.2) is 59.5 Å². The minimum Gasteiger partial charge on any atom is -0.325 e. The molecule has 1 aliphatic rings. The lowest BCUT2D eigenvalue weighted by atomic mass is 10.0. The molecule has 1 saturated heterocycles. The predicted octanol–water partition coefficient (Wildman–Crippen LogP) is 2.95. The summed E-state index contributed by atoms with van der Waals surface area (Å²) in [4.78, 5) is 13.5. The Labute approximate surface area is 134 Å². The lowest BCUT2D eigenvalue weighted by Gasteiger charge is -2.11. The zero-order chi connectivity index (χ0) is 15.4. The fourth-order valence-corrected chi connectivity index (χ4v) is 3.02. The summed E-state index contributed by atoms with van der Waals surface area (Å²) in [6, 6.07) is 18.0. The topological polar surface area (TPSA) is 53.2 Å². The number of anilines is 1. The monoisotopic (exact) mass is 313 g/mol. The molecule has 0 spiro atoms. The Balaban J connectivity index is 1.62. The minimum atomic E-state index is -0.233. The summed E-state index contributed by atoms with van der Waals surface area (Å²) >= 11 is 1.66. The van der Waals surface area contributed by atoms with Gasteiger partial charge in [0, 0.05) is 16.6 Å². The number of carbonyl (C=O) groups excluding carboxylic acids is 1. The number of benzene rings is 2. The summed E-state index contributed by atoms with van der Waals surface area (Å²) in [5.41, 5.74) is 8.31. The van der Waals surface area contributed by atoms with E-state index in [9.17, 15) is 4.79 Å². The van der Waals surface area contributed by atoms with Gasteiger partial charge in [0.15, 0.2) is 0 Å². The number of nitrogens with one attached hydrogen (secondary N) is 3. The first-order valence-corrected chi connectivity index (χ1v) is 8.49. The van der Waals surface area contributed by atoms with Crippen molar-refractivity contribution in [1.82, 2.24) is 10.9 Å². The Hall–Kier alpha value is -1.82.